The summed E-state index contributed by atoms with van der Waals surface area (Å²) in [6.45, 7) is 5.75. The van der Waals surface area contributed by atoms with Crippen molar-refractivity contribution in [3.8, 4) is 0 Å². The van der Waals surface area contributed by atoms with Crippen LogP contribution in [0.5, 0.6) is 0 Å². The number of anilines is 1. The third-order valence-corrected chi connectivity index (χ3v) is 5.66. The molecule has 1 aromatic carbocycles. The molecule has 156 valence electrons. The van der Waals surface area contributed by atoms with Crippen LogP contribution in [0, 0.1) is 5.92 Å². The van der Waals surface area contributed by atoms with Crippen molar-refractivity contribution in [2.24, 2.45) is 5.92 Å². The molecule has 8 nitrogen and oxygen atoms in total. The van der Waals surface area contributed by atoms with E-state index in [0.29, 0.717) is 17.0 Å². The summed E-state index contributed by atoms with van der Waals surface area (Å²) in [6, 6.07) is 4.21. The number of rotatable bonds is 3. The molecular weight excluding hydrogens is 374 g/mol. The first-order valence-corrected chi connectivity index (χ1v) is 10.2. The van der Waals surface area contributed by atoms with Gasteiger partial charge in [-0.3, -0.25) is 29.4 Å². The highest BCUT2D eigenvalue weighted by molar-refractivity contribution is 6.23. The Morgan fingerprint density at radius 1 is 1.00 bits per heavy atom. The first-order chi connectivity index (χ1) is 14.0. The summed E-state index contributed by atoms with van der Waals surface area (Å²) in [5.41, 5.74) is 1.45. The first-order valence-electron chi connectivity index (χ1n) is 10.2. The van der Waals surface area contributed by atoms with Crippen molar-refractivity contribution in [2.75, 3.05) is 24.6 Å². The van der Waals surface area contributed by atoms with E-state index in [9.17, 15) is 24.3 Å². The lowest BCUT2D eigenvalue weighted by atomic mass is 9.97. The average molecular weight is 401 g/mol. The Kier molecular flexibility index (Phi) is 6.32. The third-order valence-electron chi connectivity index (χ3n) is 5.66. The van der Waals surface area contributed by atoms with Gasteiger partial charge in [0.15, 0.2) is 0 Å². The van der Waals surface area contributed by atoms with E-state index in [1.807, 2.05) is 19.9 Å². The molecule has 2 saturated heterocycles. The highest BCUT2D eigenvalue weighted by Crippen LogP contribution is 2.32. The van der Waals surface area contributed by atoms with Gasteiger partial charge in [0.05, 0.1) is 11.1 Å². The fourth-order valence-corrected chi connectivity index (χ4v) is 4.03. The maximum absolute atomic E-state index is 12.9. The van der Waals surface area contributed by atoms with E-state index in [0.717, 1.165) is 36.5 Å². The molecule has 0 radical (unpaired) electrons. The van der Waals surface area contributed by atoms with Gasteiger partial charge in [0, 0.05) is 31.8 Å². The summed E-state index contributed by atoms with van der Waals surface area (Å²) in [7, 11) is 0. The number of carbonyl (C=O) groups is 4. The Morgan fingerprint density at radius 3 is 2.28 bits per heavy atom. The van der Waals surface area contributed by atoms with E-state index in [1.165, 1.54) is 0 Å². The zero-order valence-electron chi connectivity index (χ0n) is 16.8. The highest BCUT2D eigenvalue weighted by Gasteiger charge is 2.44. The first kappa shape index (κ1) is 21.0. The molecule has 0 aliphatic carbocycles. The molecule has 3 aliphatic rings. The second-order valence-electron chi connectivity index (χ2n) is 7.29. The van der Waals surface area contributed by atoms with E-state index in [4.69, 9.17) is 0 Å². The lowest BCUT2D eigenvalue weighted by Crippen LogP contribution is -2.54. The predicted molar refractivity (Wildman–Crippen MR) is 106 cm³/mol. The number of aliphatic hydroxyl groups is 1. The van der Waals surface area contributed by atoms with Crippen molar-refractivity contribution in [1.29, 1.82) is 0 Å². The van der Waals surface area contributed by atoms with Crippen LogP contribution >= 0.6 is 0 Å². The quantitative estimate of drug-likeness (QED) is 0.740. The number of amides is 4. The summed E-state index contributed by atoms with van der Waals surface area (Å²) in [6.07, 6.45) is 2.01. The Hall–Kier alpha value is -2.74. The second-order valence-corrected chi connectivity index (χ2v) is 7.29. The molecule has 1 unspecified atom stereocenters. The van der Waals surface area contributed by atoms with E-state index in [2.05, 4.69) is 10.2 Å². The Balaban J connectivity index is 0.00000117. The number of hydrogen-bond acceptors (Lipinski definition) is 6. The van der Waals surface area contributed by atoms with Gasteiger partial charge >= 0.3 is 0 Å². The van der Waals surface area contributed by atoms with E-state index >= 15 is 0 Å². The normalized spacial score (nSPS) is 22.2. The number of carbonyl (C=O) groups excluding carboxylic acids is 4. The van der Waals surface area contributed by atoms with Crippen LogP contribution < -0.4 is 10.2 Å². The zero-order chi connectivity index (χ0) is 21.1. The molecule has 1 aromatic rings. The minimum atomic E-state index is -0.946. The van der Waals surface area contributed by atoms with E-state index in [-0.39, 0.29) is 25.4 Å². The molecule has 0 bridgehead atoms. The zero-order valence-corrected chi connectivity index (χ0v) is 16.8. The molecule has 0 spiro atoms. The van der Waals surface area contributed by atoms with Crippen LogP contribution in [0.25, 0.3) is 0 Å². The molecule has 3 aliphatic heterocycles. The maximum Gasteiger partial charge on any atom is 0.262 e. The predicted octanol–water partition coefficient (Wildman–Crippen LogP) is 1.32. The van der Waals surface area contributed by atoms with Gasteiger partial charge < -0.3 is 10.0 Å². The fraction of sp³-hybridized carbons (Fsp3) is 0.524. The molecule has 4 amide bonds. The molecule has 2 N–H and O–H groups in total. The Morgan fingerprint density at radius 2 is 1.66 bits per heavy atom. The third kappa shape index (κ3) is 3.89. The number of piperidine rings is 2. The molecular formula is C21H27N3O5. The van der Waals surface area contributed by atoms with Gasteiger partial charge in [-0.15, -0.1) is 0 Å². The van der Waals surface area contributed by atoms with Crippen LogP contribution in [0.15, 0.2) is 18.2 Å². The topological polar surface area (TPSA) is 107 Å². The molecule has 0 aromatic heterocycles. The Bertz CT molecular complexity index is 830. The van der Waals surface area contributed by atoms with Gasteiger partial charge in [0.1, 0.15) is 6.04 Å². The van der Waals surface area contributed by atoms with Gasteiger partial charge in [0.25, 0.3) is 11.8 Å². The van der Waals surface area contributed by atoms with Crippen molar-refractivity contribution in [3.63, 3.8) is 0 Å². The van der Waals surface area contributed by atoms with E-state index in [1.54, 1.807) is 12.1 Å². The molecule has 2 fully saturated rings. The largest absolute Gasteiger partial charge is 0.396 e. The number of aliphatic hydroxyl groups excluding tert-OH is 1. The number of hydrogen-bond donors (Lipinski definition) is 2. The van der Waals surface area contributed by atoms with Crippen LogP contribution in [-0.2, 0) is 9.59 Å². The minimum absolute atomic E-state index is 0.106. The molecule has 8 heteroatoms. The van der Waals surface area contributed by atoms with E-state index < -0.39 is 23.8 Å². The van der Waals surface area contributed by atoms with Crippen LogP contribution in [-0.4, -0.2) is 59.4 Å². The summed E-state index contributed by atoms with van der Waals surface area (Å²) in [5.74, 6) is -1.66. The van der Waals surface area contributed by atoms with Crippen molar-refractivity contribution < 1.29 is 24.3 Å². The van der Waals surface area contributed by atoms with Gasteiger partial charge in [0.2, 0.25) is 11.8 Å². The maximum atomic E-state index is 12.9. The van der Waals surface area contributed by atoms with Crippen molar-refractivity contribution in [1.82, 2.24) is 10.2 Å². The summed E-state index contributed by atoms with van der Waals surface area (Å²) >= 11 is 0. The standard InChI is InChI=1S/C19H21N3O5.C2H6/c23-10-11-5-7-21(8-6-11)12-1-2-13-14(9-12)19(27)22(18(13)26)15-3-4-16(24)20-17(15)25;1-2/h1-2,9,11,15,23H,3-8,10H2,(H,20,24,25);1-2H3. The molecule has 1 atom stereocenters. The minimum Gasteiger partial charge on any atom is -0.396 e. The summed E-state index contributed by atoms with van der Waals surface area (Å²) in [5, 5.41) is 11.5. The number of imide groups is 2. The highest BCUT2D eigenvalue weighted by atomic mass is 16.3. The molecule has 29 heavy (non-hydrogen) atoms. The van der Waals surface area contributed by atoms with Gasteiger partial charge in [-0.2, -0.15) is 0 Å². The smallest absolute Gasteiger partial charge is 0.262 e. The summed E-state index contributed by atoms with van der Waals surface area (Å²) < 4.78 is 0. The summed E-state index contributed by atoms with van der Waals surface area (Å²) in [4.78, 5) is 52.1. The van der Waals surface area contributed by atoms with Gasteiger partial charge in [-0.1, -0.05) is 13.8 Å². The Labute approximate surface area is 169 Å². The molecule has 0 saturated carbocycles. The van der Waals surface area contributed by atoms with Crippen LogP contribution in [0.2, 0.25) is 0 Å². The number of fused-ring (bicyclic) bond motifs is 1. The SMILES string of the molecule is CC.O=C1CCC(N2C(=O)c3ccc(N4CCC(CO)CC4)cc3C2=O)C(=O)N1. The van der Waals surface area contributed by atoms with Crippen molar-refractivity contribution >= 4 is 29.3 Å². The van der Waals surface area contributed by atoms with Crippen molar-refractivity contribution in [3.05, 3.63) is 29.3 Å². The molecule has 3 heterocycles. The second kappa shape index (κ2) is 8.73. The number of nitrogens with zero attached hydrogens (tertiary/aromatic N) is 2. The lowest BCUT2D eigenvalue weighted by molar-refractivity contribution is -0.136. The fourth-order valence-electron chi connectivity index (χ4n) is 4.03. The van der Waals surface area contributed by atoms with Crippen LogP contribution in [0.4, 0.5) is 5.69 Å². The van der Waals surface area contributed by atoms with Crippen LogP contribution in [0.3, 0.4) is 0 Å². The molecule has 4 rings (SSSR count). The van der Waals surface area contributed by atoms with Gasteiger partial charge in [-0.05, 0) is 43.4 Å². The number of nitrogens with one attached hydrogen (secondary N) is 1. The number of benzene rings is 1. The van der Waals surface area contributed by atoms with Crippen molar-refractivity contribution in [2.45, 2.75) is 45.6 Å². The monoisotopic (exact) mass is 401 g/mol. The van der Waals surface area contributed by atoms with Gasteiger partial charge in [-0.25, -0.2) is 0 Å². The van der Waals surface area contributed by atoms with Crippen LogP contribution in [0.1, 0.15) is 60.2 Å². The lowest BCUT2D eigenvalue weighted by Gasteiger charge is -2.33. The average Bonchev–Trinajstić information content (AvgIpc) is 3.00.